The highest BCUT2D eigenvalue weighted by atomic mass is 32.2. The predicted molar refractivity (Wildman–Crippen MR) is 88.7 cm³/mol. The number of carbonyl (C=O) groups excluding carboxylic acids is 1. The lowest BCUT2D eigenvalue weighted by molar-refractivity contribution is 0.0993. The van der Waals surface area contributed by atoms with E-state index in [0.29, 0.717) is 10.9 Å². The van der Waals surface area contributed by atoms with Crippen LogP contribution in [0.3, 0.4) is 0 Å². The van der Waals surface area contributed by atoms with Crippen molar-refractivity contribution in [2.75, 3.05) is 7.11 Å². The summed E-state index contributed by atoms with van der Waals surface area (Å²) in [7, 11) is 1.58. The van der Waals surface area contributed by atoms with E-state index >= 15 is 0 Å². The number of hydrogen-bond acceptors (Lipinski definition) is 4. The van der Waals surface area contributed by atoms with Crippen LogP contribution in [-0.4, -0.2) is 28.1 Å². The number of ether oxygens (including phenoxy) is 1. The number of rotatable bonds is 5. The summed E-state index contributed by atoms with van der Waals surface area (Å²) >= 11 is 1.22. The van der Waals surface area contributed by atoms with E-state index in [-0.39, 0.29) is 11.3 Å². The van der Waals surface area contributed by atoms with Gasteiger partial charge in [-0.15, -0.1) is 0 Å². The smallest absolute Gasteiger partial charge is 0.176 e. The molecule has 1 heterocycles. The van der Waals surface area contributed by atoms with Crippen molar-refractivity contribution >= 4 is 28.6 Å². The molecule has 0 aliphatic carbocycles. The van der Waals surface area contributed by atoms with Crippen molar-refractivity contribution in [3.05, 3.63) is 53.6 Å². The van der Waals surface area contributed by atoms with Crippen molar-refractivity contribution in [1.29, 1.82) is 0 Å². The average Bonchev–Trinajstić information content (AvgIpc) is 2.97. The van der Waals surface area contributed by atoms with Gasteiger partial charge in [0, 0.05) is 11.6 Å². The molecule has 2 aromatic carbocycles. The van der Waals surface area contributed by atoms with E-state index in [1.54, 1.807) is 20.1 Å². The normalized spacial score (nSPS) is 12.3. The number of nitrogens with zero attached hydrogens (tertiary/aromatic N) is 1. The van der Waals surface area contributed by atoms with Gasteiger partial charge < -0.3 is 9.72 Å². The van der Waals surface area contributed by atoms with Crippen molar-refractivity contribution in [2.45, 2.75) is 17.3 Å². The molecule has 3 rings (SSSR count). The molecule has 1 unspecified atom stereocenters. The van der Waals surface area contributed by atoms with Gasteiger partial charge in [-0.05, 0) is 37.3 Å². The van der Waals surface area contributed by atoms with Crippen LogP contribution in [0, 0.1) is 11.6 Å². The minimum absolute atomic E-state index is 0.131. The second-order valence-electron chi connectivity index (χ2n) is 5.18. The fraction of sp³-hybridized carbons (Fsp3) is 0.176. The highest BCUT2D eigenvalue weighted by Crippen LogP contribution is 2.27. The predicted octanol–water partition coefficient (Wildman–Crippen LogP) is 4.21. The van der Waals surface area contributed by atoms with Crippen LogP contribution in [0.4, 0.5) is 8.78 Å². The van der Waals surface area contributed by atoms with E-state index in [9.17, 15) is 13.6 Å². The molecule has 0 aliphatic heterocycles. The Bertz CT molecular complexity index is 911. The number of fused-ring (bicyclic) bond motifs is 1. The number of imidazole rings is 1. The summed E-state index contributed by atoms with van der Waals surface area (Å²) in [5.74, 6) is -1.60. The molecule has 1 atom stereocenters. The molecule has 3 aromatic rings. The van der Waals surface area contributed by atoms with Crippen LogP contribution < -0.4 is 4.74 Å². The Morgan fingerprint density at radius 3 is 2.71 bits per heavy atom. The van der Waals surface area contributed by atoms with Gasteiger partial charge in [0.2, 0.25) is 0 Å². The standard InChI is InChI=1S/C17H14F2N2O2S/c1-9(16(22)10-3-5-12(18)13(19)7-10)24-17-20-14-6-4-11(23-2)8-15(14)21-17/h3-9H,1-2H3,(H,20,21). The molecule has 4 nitrogen and oxygen atoms in total. The van der Waals surface area contributed by atoms with E-state index in [0.717, 1.165) is 23.2 Å². The first-order valence-corrected chi connectivity index (χ1v) is 8.05. The number of Topliss-reactive ketones (excluding diaryl/α,β-unsaturated/α-hetero) is 1. The molecule has 1 N–H and O–H groups in total. The number of benzene rings is 2. The molecule has 24 heavy (non-hydrogen) atoms. The van der Waals surface area contributed by atoms with E-state index in [1.807, 2.05) is 12.1 Å². The third-order valence-corrected chi connectivity index (χ3v) is 4.51. The first-order chi connectivity index (χ1) is 11.5. The monoisotopic (exact) mass is 348 g/mol. The van der Waals surface area contributed by atoms with Crippen molar-refractivity contribution < 1.29 is 18.3 Å². The maximum absolute atomic E-state index is 13.3. The molecule has 0 fully saturated rings. The summed E-state index contributed by atoms with van der Waals surface area (Å²) in [5, 5.41) is 0.0685. The molecule has 0 saturated heterocycles. The Morgan fingerprint density at radius 1 is 1.21 bits per heavy atom. The minimum Gasteiger partial charge on any atom is -0.497 e. The van der Waals surface area contributed by atoms with Gasteiger partial charge in [0.05, 0.1) is 23.4 Å². The number of ketones is 1. The summed E-state index contributed by atoms with van der Waals surface area (Å²) in [5.41, 5.74) is 1.68. The van der Waals surface area contributed by atoms with Crippen LogP contribution in [0.2, 0.25) is 0 Å². The Balaban J connectivity index is 1.79. The number of methoxy groups -OCH3 is 1. The van der Waals surface area contributed by atoms with Crippen molar-refractivity contribution in [3.8, 4) is 5.75 Å². The zero-order valence-electron chi connectivity index (χ0n) is 13.0. The Labute approximate surface area is 141 Å². The van der Waals surface area contributed by atoms with Crippen molar-refractivity contribution in [1.82, 2.24) is 9.97 Å². The lowest BCUT2D eigenvalue weighted by Gasteiger charge is -2.08. The molecule has 7 heteroatoms. The third kappa shape index (κ3) is 3.26. The third-order valence-electron chi connectivity index (χ3n) is 3.53. The number of H-pyrrole nitrogens is 1. The van der Waals surface area contributed by atoms with Gasteiger partial charge in [-0.25, -0.2) is 13.8 Å². The van der Waals surface area contributed by atoms with Crippen LogP contribution in [0.5, 0.6) is 5.75 Å². The number of nitrogens with one attached hydrogen (secondary N) is 1. The van der Waals surface area contributed by atoms with E-state index in [1.165, 1.54) is 17.8 Å². The van der Waals surface area contributed by atoms with Crippen LogP contribution in [0.1, 0.15) is 17.3 Å². The SMILES string of the molecule is COc1ccc2nc(SC(C)C(=O)c3ccc(F)c(F)c3)[nH]c2c1. The van der Waals surface area contributed by atoms with Gasteiger partial charge in [-0.3, -0.25) is 4.79 Å². The topological polar surface area (TPSA) is 55.0 Å². The quantitative estimate of drug-likeness (QED) is 0.554. The number of halogens is 2. The number of carbonyl (C=O) groups is 1. The second kappa shape index (κ2) is 6.60. The molecule has 0 radical (unpaired) electrons. The fourth-order valence-corrected chi connectivity index (χ4v) is 3.15. The van der Waals surface area contributed by atoms with Crippen molar-refractivity contribution in [3.63, 3.8) is 0 Å². The lowest BCUT2D eigenvalue weighted by atomic mass is 10.1. The summed E-state index contributed by atoms with van der Waals surface area (Å²) in [4.78, 5) is 19.9. The molecule has 1 aromatic heterocycles. The fourth-order valence-electron chi connectivity index (χ4n) is 2.25. The van der Waals surface area contributed by atoms with Gasteiger partial charge >= 0.3 is 0 Å². The summed E-state index contributed by atoms with van der Waals surface area (Å²) in [6.45, 7) is 1.70. The summed E-state index contributed by atoms with van der Waals surface area (Å²) < 4.78 is 31.4. The van der Waals surface area contributed by atoms with Gasteiger partial charge in [-0.2, -0.15) is 0 Å². The second-order valence-corrected chi connectivity index (χ2v) is 6.51. The molecule has 124 valence electrons. The number of thioether (sulfide) groups is 1. The number of aromatic nitrogens is 2. The van der Waals surface area contributed by atoms with E-state index < -0.39 is 16.9 Å². The summed E-state index contributed by atoms with van der Waals surface area (Å²) in [6, 6.07) is 8.57. The number of hydrogen-bond donors (Lipinski definition) is 1. The largest absolute Gasteiger partial charge is 0.497 e. The lowest BCUT2D eigenvalue weighted by Crippen LogP contribution is -2.14. The molecule has 0 amide bonds. The van der Waals surface area contributed by atoms with Gasteiger partial charge in [0.15, 0.2) is 22.6 Å². The molecular weight excluding hydrogens is 334 g/mol. The van der Waals surface area contributed by atoms with Gasteiger partial charge in [0.1, 0.15) is 5.75 Å². The Hall–Kier alpha value is -2.41. The maximum Gasteiger partial charge on any atom is 0.176 e. The maximum atomic E-state index is 13.3. The average molecular weight is 348 g/mol. The molecule has 0 aliphatic rings. The zero-order valence-corrected chi connectivity index (χ0v) is 13.8. The first-order valence-electron chi connectivity index (χ1n) is 7.17. The van der Waals surface area contributed by atoms with Crippen LogP contribution in [-0.2, 0) is 0 Å². The molecule has 0 bridgehead atoms. The highest BCUT2D eigenvalue weighted by molar-refractivity contribution is 8.00. The minimum atomic E-state index is -1.03. The highest BCUT2D eigenvalue weighted by Gasteiger charge is 2.19. The van der Waals surface area contributed by atoms with Crippen LogP contribution >= 0.6 is 11.8 Å². The van der Waals surface area contributed by atoms with E-state index in [4.69, 9.17) is 4.74 Å². The van der Waals surface area contributed by atoms with E-state index in [2.05, 4.69) is 9.97 Å². The molecular formula is C17H14F2N2O2S. The van der Waals surface area contributed by atoms with Crippen molar-refractivity contribution in [2.24, 2.45) is 0 Å². The first kappa shape index (κ1) is 16.4. The number of aromatic amines is 1. The van der Waals surface area contributed by atoms with Gasteiger partial charge in [-0.1, -0.05) is 11.8 Å². The summed E-state index contributed by atoms with van der Waals surface area (Å²) in [6.07, 6.45) is 0. The molecule has 0 spiro atoms. The Morgan fingerprint density at radius 2 is 2.00 bits per heavy atom. The van der Waals surface area contributed by atoms with Crippen LogP contribution in [0.25, 0.3) is 11.0 Å². The van der Waals surface area contributed by atoms with Crippen LogP contribution in [0.15, 0.2) is 41.6 Å². The van der Waals surface area contributed by atoms with Gasteiger partial charge in [0.25, 0.3) is 0 Å². The Kier molecular flexibility index (Phi) is 4.53. The zero-order chi connectivity index (χ0) is 17.3. The molecule has 0 saturated carbocycles.